The number of hydrogen-bond acceptors (Lipinski definition) is 3. The Morgan fingerprint density at radius 3 is 2.05 bits per heavy atom. The molecule has 6 nitrogen and oxygen atoms in total. The highest BCUT2D eigenvalue weighted by molar-refractivity contribution is 7.86. The van der Waals surface area contributed by atoms with Crippen LogP contribution in [0.3, 0.4) is 0 Å². The van der Waals surface area contributed by atoms with Gasteiger partial charge in [0.2, 0.25) is 5.91 Å². The van der Waals surface area contributed by atoms with Gasteiger partial charge in [-0.05, 0) is 25.7 Å². The zero-order valence-corrected chi connectivity index (χ0v) is 14.1. The molecule has 7 heteroatoms. The third kappa shape index (κ3) is 3.31. The number of amides is 1. The van der Waals surface area contributed by atoms with Gasteiger partial charge in [0.25, 0.3) is 10.2 Å². The Labute approximate surface area is 133 Å². The van der Waals surface area contributed by atoms with E-state index in [4.69, 9.17) is 0 Å². The maximum Gasteiger partial charge on any atom is 0.282 e. The van der Waals surface area contributed by atoms with Gasteiger partial charge in [0.15, 0.2) is 0 Å². The van der Waals surface area contributed by atoms with Crippen molar-refractivity contribution in [3.05, 3.63) is 0 Å². The first-order chi connectivity index (χ1) is 10.6. The zero-order valence-electron chi connectivity index (χ0n) is 13.2. The topological polar surface area (TPSA) is 60.9 Å². The number of piperidine rings is 1. The predicted octanol–water partition coefficient (Wildman–Crippen LogP) is 1.19. The van der Waals surface area contributed by atoms with Crippen molar-refractivity contribution in [3.63, 3.8) is 0 Å². The second-order valence-electron chi connectivity index (χ2n) is 6.68. The van der Waals surface area contributed by atoms with Crippen LogP contribution in [0.15, 0.2) is 0 Å². The molecule has 0 N–H and O–H groups in total. The molecule has 3 aliphatic rings. The van der Waals surface area contributed by atoms with Gasteiger partial charge in [0.1, 0.15) is 0 Å². The summed E-state index contributed by atoms with van der Waals surface area (Å²) in [6.07, 6.45) is 8.72. The van der Waals surface area contributed by atoms with E-state index >= 15 is 0 Å². The van der Waals surface area contributed by atoms with Crippen LogP contribution in [-0.4, -0.2) is 66.6 Å². The highest BCUT2D eigenvalue weighted by atomic mass is 32.2. The summed E-state index contributed by atoms with van der Waals surface area (Å²) in [5, 5.41) is 0. The average Bonchev–Trinajstić information content (AvgIpc) is 2.56. The molecule has 0 unspecified atom stereocenters. The van der Waals surface area contributed by atoms with Crippen LogP contribution in [-0.2, 0) is 15.0 Å². The fourth-order valence-electron chi connectivity index (χ4n) is 3.90. The van der Waals surface area contributed by atoms with E-state index in [2.05, 4.69) is 0 Å². The quantitative estimate of drug-likeness (QED) is 0.781. The Bertz CT molecular complexity index is 496. The molecule has 1 saturated carbocycles. The molecule has 0 aromatic rings. The van der Waals surface area contributed by atoms with E-state index in [0.29, 0.717) is 32.2 Å². The molecule has 1 aliphatic carbocycles. The second kappa shape index (κ2) is 6.84. The van der Waals surface area contributed by atoms with Crippen molar-refractivity contribution in [2.45, 2.75) is 57.4 Å². The summed E-state index contributed by atoms with van der Waals surface area (Å²) < 4.78 is 28.2. The number of piperazine rings is 1. The van der Waals surface area contributed by atoms with Crippen LogP contribution in [0, 0.1) is 0 Å². The largest absolute Gasteiger partial charge is 0.337 e. The molecular formula is C15H27N3O3S. The van der Waals surface area contributed by atoms with E-state index in [-0.39, 0.29) is 12.5 Å². The average molecular weight is 329 g/mol. The summed E-state index contributed by atoms with van der Waals surface area (Å²) in [5.41, 5.74) is 0. The lowest BCUT2D eigenvalue weighted by Crippen LogP contribution is -2.58. The molecule has 22 heavy (non-hydrogen) atoms. The molecule has 0 aromatic heterocycles. The Hall–Kier alpha value is -0.660. The van der Waals surface area contributed by atoms with Crippen molar-refractivity contribution in [1.29, 1.82) is 0 Å². The van der Waals surface area contributed by atoms with E-state index in [0.717, 1.165) is 32.1 Å². The van der Waals surface area contributed by atoms with E-state index in [1.165, 1.54) is 23.6 Å². The van der Waals surface area contributed by atoms with Crippen molar-refractivity contribution < 1.29 is 13.2 Å². The highest BCUT2D eigenvalue weighted by Crippen LogP contribution is 2.25. The molecule has 0 spiro atoms. The number of rotatable bonds is 3. The van der Waals surface area contributed by atoms with Crippen LogP contribution in [0.4, 0.5) is 0 Å². The summed E-state index contributed by atoms with van der Waals surface area (Å²) in [5.74, 6) is -0.0151. The van der Waals surface area contributed by atoms with Gasteiger partial charge in [-0.1, -0.05) is 25.7 Å². The normalized spacial score (nSPS) is 27.3. The second-order valence-corrected chi connectivity index (χ2v) is 8.61. The van der Waals surface area contributed by atoms with Crippen LogP contribution in [0.5, 0.6) is 0 Å². The third-order valence-corrected chi connectivity index (χ3v) is 7.19. The van der Waals surface area contributed by atoms with Gasteiger partial charge in [-0.3, -0.25) is 4.79 Å². The Morgan fingerprint density at radius 2 is 1.41 bits per heavy atom. The van der Waals surface area contributed by atoms with Gasteiger partial charge in [-0.15, -0.1) is 0 Å². The van der Waals surface area contributed by atoms with Crippen LogP contribution >= 0.6 is 0 Å². The van der Waals surface area contributed by atoms with Crippen molar-refractivity contribution in [1.82, 2.24) is 13.5 Å². The number of hydrogen-bond donors (Lipinski definition) is 0. The first kappa shape index (κ1) is 16.2. The molecule has 0 bridgehead atoms. The Balaban J connectivity index is 1.62. The smallest absolute Gasteiger partial charge is 0.282 e. The monoisotopic (exact) mass is 329 g/mol. The maximum atomic E-state index is 12.7. The van der Waals surface area contributed by atoms with Gasteiger partial charge >= 0.3 is 0 Å². The summed E-state index contributed by atoms with van der Waals surface area (Å²) in [6, 6.07) is 0.334. The van der Waals surface area contributed by atoms with Crippen molar-refractivity contribution >= 4 is 16.1 Å². The summed E-state index contributed by atoms with van der Waals surface area (Å²) in [6.45, 7) is 2.21. The number of carbonyl (C=O) groups excluding carboxylic acids is 1. The first-order valence-corrected chi connectivity index (χ1v) is 10.0. The van der Waals surface area contributed by atoms with Crippen LogP contribution < -0.4 is 0 Å². The standard InChI is InChI=1S/C15H27N3O3S/c19-15-13-17(22(20,21)16-9-5-2-6-10-16)11-12-18(15)14-7-3-1-4-8-14/h14H,1-13H2. The van der Waals surface area contributed by atoms with E-state index in [9.17, 15) is 13.2 Å². The molecule has 0 atom stereocenters. The molecule has 1 amide bonds. The van der Waals surface area contributed by atoms with Crippen molar-refractivity contribution in [3.8, 4) is 0 Å². The van der Waals surface area contributed by atoms with Crippen LogP contribution in [0.2, 0.25) is 0 Å². The summed E-state index contributed by atoms with van der Waals surface area (Å²) in [7, 11) is -3.45. The van der Waals surface area contributed by atoms with Gasteiger partial charge < -0.3 is 4.90 Å². The lowest BCUT2D eigenvalue weighted by atomic mass is 9.94. The van der Waals surface area contributed by atoms with Crippen LogP contribution in [0.1, 0.15) is 51.4 Å². The minimum atomic E-state index is -3.45. The van der Waals surface area contributed by atoms with Crippen molar-refractivity contribution in [2.75, 3.05) is 32.7 Å². The van der Waals surface area contributed by atoms with Gasteiger partial charge in [-0.2, -0.15) is 17.0 Å². The molecule has 3 fully saturated rings. The summed E-state index contributed by atoms with van der Waals surface area (Å²) >= 11 is 0. The Morgan fingerprint density at radius 1 is 0.773 bits per heavy atom. The third-order valence-electron chi connectivity index (χ3n) is 5.21. The lowest BCUT2D eigenvalue weighted by molar-refractivity contribution is -0.137. The van der Waals surface area contributed by atoms with E-state index < -0.39 is 10.2 Å². The SMILES string of the molecule is O=C1CN(S(=O)(=O)N2CCCCC2)CCN1C1CCCCC1. The number of nitrogens with zero attached hydrogens (tertiary/aromatic N) is 3. The minimum absolute atomic E-state index is 0.0151. The maximum absolute atomic E-state index is 12.7. The van der Waals surface area contributed by atoms with E-state index in [1.54, 1.807) is 4.31 Å². The summed E-state index contributed by atoms with van der Waals surface area (Å²) in [4.78, 5) is 14.4. The molecule has 2 aliphatic heterocycles. The van der Waals surface area contributed by atoms with Gasteiger partial charge in [-0.25, -0.2) is 0 Å². The molecule has 0 radical (unpaired) electrons. The fraction of sp³-hybridized carbons (Fsp3) is 0.933. The van der Waals surface area contributed by atoms with Gasteiger partial charge in [0, 0.05) is 32.2 Å². The Kier molecular flexibility index (Phi) is 5.04. The molecule has 3 rings (SSSR count). The fourth-order valence-corrected chi connectivity index (χ4v) is 5.53. The highest BCUT2D eigenvalue weighted by Gasteiger charge is 2.38. The lowest BCUT2D eigenvalue weighted by Gasteiger charge is -2.41. The number of carbonyl (C=O) groups is 1. The molecular weight excluding hydrogens is 302 g/mol. The molecule has 2 saturated heterocycles. The van der Waals surface area contributed by atoms with Gasteiger partial charge in [0.05, 0.1) is 6.54 Å². The first-order valence-electron chi connectivity index (χ1n) is 8.64. The predicted molar refractivity (Wildman–Crippen MR) is 84.5 cm³/mol. The van der Waals surface area contributed by atoms with Crippen molar-refractivity contribution in [2.24, 2.45) is 0 Å². The van der Waals surface area contributed by atoms with E-state index in [1.807, 2.05) is 4.90 Å². The minimum Gasteiger partial charge on any atom is -0.337 e. The molecule has 126 valence electrons. The molecule has 2 heterocycles. The molecule has 0 aromatic carbocycles. The zero-order chi connectivity index (χ0) is 15.6. The van der Waals surface area contributed by atoms with Crippen LogP contribution in [0.25, 0.3) is 0 Å².